The molecule has 0 aromatic carbocycles. The number of ether oxygens (including phenoxy) is 4. The molecule has 0 aromatic heterocycles. The molecule has 3 fully saturated rings. The van der Waals surface area contributed by atoms with Crippen molar-refractivity contribution in [2.45, 2.75) is 322 Å². The SMILES string of the molecule is CCCCCCCC/C=C\CCCCCCCC(=O)OCC(COC(=O)CCCCCCC/C=C\CCCCCCCC)OC(=O)CCCCCCCCC(=O)O[C@H]1CCC2[C@@H]3CCC4=CC(=O)CC[C@]4(C)C3CC[C@@]21C. The number of unbranched alkanes of at least 4 members (excludes halogenated alkanes) is 27. The largest absolute Gasteiger partial charge is 0.462 e. The number of fused-ring (bicyclic) bond motifs is 5. The van der Waals surface area contributed by atoms with Crippen molar-refractivity contribution >= 4 is 29.7 Å². The number of carbonyl (C=O) groups excluding carboxylic acids is 5. The number of hydrogen-bond acceptors (Lipinski definition) is 9. The Labute approximate surface area is 470 Å². The Bertz CT molecular complexity index is 1690. The van der Waals surface area contributed by atoms with E-state index in [9.17, 15) is 24.0 Å². The zero-order chi connectivity index (χ0) is 55.2. The molecular formula is C68H114O9. The van der Waals surface area contributed by atoms with Gasteiger partial charge in [0.2, 0.25) is 0 Å². The first-order valence-electron chi connectivity index (χ1n) is 32.7. The summed E-state index contributed by atoms with van der Waals surface area (Å²) < 4.78 is 23.2. The van der Waals surface area contributed by atoms with Crippen LogP contribution in [0.1, 0.15) is 310 Å². The van der Waals surface area contributed by atoms with Gasteiger partial charge in [-0.05, 0) is 151 Å². The van der Waals surface area contributed by atoms with Gasteiger partial charge in [0.1, 0.15) is 19.3 Å². The van der Waals surface area contributed by atoms with Crippen molar-refractivity contribution < 1.29 is 42.9 Å². The molecule has 0 radical (unpaired) electrons. The molecule has 0 spiro atoms. The molecule has 0 N–H and O–H groups in total. The first-order chi connectivity index (χ1) is 37.5. The molecular weight excluding hydrogens is 961 g/mol. The minimum atomic E-state index is -0.836. The number of carbonyl (C=O) groups is 5. The summed E-state index contributed by atoms with van der Waals surface area (Å²) in [5.41, 5.74) is 1.60. The number of hydrogen-bond donors (Lipinski definition) is 0. The van der Waals surface area contributed by atoms with Gasteiger partial charge in [-0.3, -0.25) is 24.0 Å². The van der Waals surface area contributed by atoms with Crippen molar-refractivity contribution in [3.05, 3.63) is 36.0 Å². The van der Waals surface area contributed by atoms with Gasteiger partial charge < -0.3 is 18.9 Å². The smallest absolute Gasteiger partial charge is 0.306 e. The summed E-state index contributed by atoms with van der Waals surface area (Å²) in [6.45, 7) is 9.08. The lowest BCUT2D eigenvalue weighted by Crippen LogP contribution is -2.51. The Hall–Kier alpha value is -3.23. The molecule has 0 amide bonds. The van der Waals surface area contributed by atoms with Gasteiger partial charge in [-0.1, -0.05) is 186 Å². The van der Waals surface area contributed by atoms with Crippen molar-refractivity contribution in [1.29, 1.82) is 0 Å². The lowest BCUT2D eigenvalue weighted by atomic mass is 9.47. The second-order valence-corrected chi connectivity index (χ2v) is 24.8. The predicted octanol–water partition coefficient (Wildman–Crippen LogP) is 18.6. The average molecular weight is 1080 g/mol. The van der Waals surface area contributed by atoms with Crippen LogP contribution in [0.3, 0.4) is 0 Å². The van der Waals surface area contributed by atoms with Crippen LogP contribution in [0.4, 0.5) is 0 Å². The molecule has 4 aliphatic rings. The predicted molar refractivity (Wildman–Crippen MR) is 314 cm³/mol. The highest BCUT2D eigenvalue weighted by atomic mass is 16.6. The zero-order valence-corrected chi connectivity index (χ0v) is 50.0. The standard InChI is InChI=1S/C68H114O9/c1-5-7-9-11-13-15-17-19-21-23-25-27-29-33-37-41-63(70)74-54-58(55-75-64(71)42-38-34-30-28-26-24-22-20-18-16-14-12-10-8-6-2)76-65(72)43-39-35-31-32-36-40-44-66(73)77-62-48-47-60-59-46-45-56-53-57(69)49-51-67(56,3)61(59)50-52-68(60,62)4/h19-22,53,58-62H,5-18,23-52,54-55H2,1-4H3/b21-19-,22-20-/t59-,60?,61?,62-,67-,68-/m0/s1. The van der Waals surface area contributed by atoms with Crippen molar-refractivity contribution in [3.63, 3.8) is 0 Å². The number of ketones is 1. The van der Waals surface area contributed by atoms with E-state index in [0.717, 1.165) is 141 Å². The minimum absolute atomic E-state index is 0.00100. The van der Waals surface area contributed by atoms with Crippen LogP contribution in [-0.4, -0.2) is 55.1 Å². The van der Waals surface area contributed by atoms with E-state index in [0.29, 0.717) is 55.6 Å². The van der Waals surface area contributed by atoms with Crippen molar-refractivity contribution in [2.24, 2.45) is 28.6 Å². The van der Waals surface area contributed by atoms with E-state index in [4.69, 9.17) is 18.9 Å². The molecule has 4 rings (SSSR count). The van der Waals surface area contributed by atoms with Crippen LogP contribution in [-0.2, 0) is 42.9 Å². The number of rotatable bonds is 45. The summed E-state index contributed by atoms with van der Waals surface area (Å²) in [6.07, 6.45) is 56.2. The highest BCUT2D eigenvalue weighted by Gasteiger charge is 2.60. The van der Waals surface area contributed by atoms with Crippen LogP contribution in [0.25, 0.3) is 0 Å². The fraction of sp³-hybridized carbons (Fsp3) is 0.838. The van der Waals surface area contributed by atoms with Gasteiger partial charge in [-0.25, -0.2) is 0 Å². The molecule has 0 heterocycles. The van der Waals surface area contributed by atoms with E-state index in [1.165, 1.54) is 108 Å². The molecule has 2 unspecified atom stereocenters. The van der Waals surface area contributed by atoms with Gasteiger partial charge in [0.25, 0.3) is 0 Å². The topological polar surface area (TPSA) is 122 Å². The van der Waals surface area contributed by atoms with E-state index in [1.807, 2.05) is 6.08 Å². The minimum Gasteiger partial charge on any atom is -0.462 e. The van der Waals surface area contributed by atoms with Crippen molar-refractivity contribution in [2.75, 3.05) is 13.2 Å². The summed E-state index contributed by atoms with van der Waals surface area (Å²) in [6, 6.07) is 0. The molecule has 440 valence electrons. The second kappa shape index (κ2) is 40.0. The maximum absolute atomic E-state index is 13.2. The molecule has 6 atom stereocenters. The Morgan fingerprint density at radius 2 is 0.922 bits per heavy atom. The molecule has 9 nitrogen and oxygen atoms in total. The third kappa shape index (κ3) is 26.3. The molecule has 0 saturated heterocycles. The van der Waals surface area contributed by atoms with E-state index < -0.39 is 6.10 Å². The molecule has 0 bridgehead atoms. The summed E-state index contributed by atoms with van der Waals surface area (Å²) >= 11 is 0. The molecule has 3 saturated carbocycles. The van der Waals surface area contributed by atoms with Gasteiger partial charge in [-0.15, -0.1) is 0 Å². The van der Waals surface area contributed by atoms with E-state index in [-0.39, 0.29) is 60.4 Å². The molecule has 4 aliphatic carbocycles. The van der Waals surface area contributed by atoms with Crippen molar-refractivity contribution in [1.82, 2.24) is 0 Å². The normalized spacial score (nSPS) is 23.0. The lowest BCUT2D eigenvalue weighted by molar-refractivity contribution is -0.167. The summed E-state index contributed by atoms with van der Waals surface area (Å²) in [5.74, 6) is 1.11. The second-order valence-electron chi connectivity index (χ2n) is 24.8. The maximum atomic E-state index is 13.2. The van der Waals surface area contributed by atoms with Gasteiger partial charge in [0.15, 0.2) is 11.9 Å². The van der Waals surface area contributed by atoms with Gasteiger partial charge in [0.05, 0.1) is 0 Å². The number of esters is 4. The number of allylic oxidation sites excluding steroid dienone is 5. The van der Waals surface area contributed by atoms with Crippen LogP contribution in [0.2, 0.25) is 0 Å². The quantitative estimate of drug-likeness (QED) is 0.0254. The van der Waals surface area contributed by atoms with Crippen LogP contribution >= 0.6 is 0 Å². The highest BCUT2D eigenvalue weighted by molar-refractivity contribution is 5.91. The monoisotopic (exact) mass is 1070 g/mol. The zero-order valence-electron chi connectivity index (χ0n) is 50.0. The fourth-order valence-corrected chi connectivity index (χ4v) is 13.7. The first kappa shape index (κ1) is 66.3. The Morgan fingerprint density at radius 3 is 1.40 bits per heavy atom. The van der Waals surface area contributed by atoms with Gasteiger partial charge in [-0.2, -0.15) is 0 Å². The third-order valence-corrected chi connectivity index (χ3v) is 18.6. The average Bonchev–Trinajstić information content (AvgIpc) is 3.75. The maximum Gasteiger partial charge on any atom is 0.306 e. The molecule has 77 heavy (non-hydrogen) atoms. The third-order valence-electron chi connectivity index (χ3n) is 18.6. The fourth-order valence-electron chi connectivity index (χ4n) is 13.7. The van der Waals surface area contributed by atoms with Crippen LogP contribution < -0.4 is 0 Å². The van der Waals surface area contributed by atoms with Crippen LogP contribution in [0, 0.1) is 28.6 Å². The van der Waals surface area contributed by atoms with E-state index in [1.54, 1.807) is 0 Å². The molecule has 0 aromatic rings. The Kier molecular flexibility index (Phi) is 34.5. The lowest BCUT2D eigenvalue weighted by Gasteiger charge is -2.57. The Morgan fingerprint density at radius 1 is 0.494 bits per heavy atom. The Balaban J connectivity index is 1.07. The van der Waals surface area contributed by atoms with Crippen LogP contribution in [0.5, 0.6) is 0 Å². The van der Waals surface area contributed by atoms with Gasteiger partial charge >= 0.3 is 23.9 Å². The summed E-state index contributed by atoms with van der Waals surface area (Å²) in [4.78, 5) is 63.9. The highest BCUT2D eigenvalue weighted by Crippen LogP contribution is 2.65. The first-order valence-corrected chi connectivity index (χ1v) is 32.7. The van der Waals surface area contributed by atoms with Crippen molar-refractivity contribution in [3.8, 4) is 0 Å². The molecule has 0 aliphatic heterocycles. The summed E-state index contributed by atoms with van der Waals surface area (Å²) in [5, 5.41) is 0. The van der Waals surface area contributed by atoms with Gasteiger partial charge in [0, 0.05) is 37.5 Å². The van der Waals surface area contributed by atoms with E-state index >= 15 is 0 Å². The van der Waals surface area contributed by atoms with E-state index in [2.05, 4.69) is 52.0 Å². The molecule has 9 heteroatoms. The summed E-state index contributed by atoms with van der Waals surface area (Å²) in [7, 11) is 0. The van der Waals surface area contributed by atoms with Crippen LogP contribution in [0.15, 0.2) is 36.0 Å².